The molecule has 9 nitrogen and oxygen atoms in total. The number of rotatable bonds is 9. The number of β-lactam (4-membered cyclic amide) rings is 1. The number of hydrogen-bond donors (Lipinski definition) is 0. The molecule has 1 heterocycles. The van der Waals surface area contributed by atoms with Crippen molar-refractivity contribution in [1.82, 2.24) is 4.90 Å². The van der Waals surface area contributed by atoms with Crippen LogP contribution in [-0.4, -0.2) is 52.5 Å². The zero-order valence-electron chi connectivity index (χ0n) is 14.2. The van der Waals surface area contributed by atoms with Crippen LogP contribution in [0.25, 0.3) is 0 Å². The van der Waals surface area contributed by atoms with Gasteiger partial charge in [0.2, 0.25) is 5.91 Å². The molecule has 26 heavy (non-hydrogen) atoms. The van der Waals surface area contributed by atoms with Gasteiger partial charge in [-0.1, -0.05) is 0 Å². The number of nitro groups is 1. The minimum atomic E-state index is -0.585. The molecule has 0 aliphatic carbocycles. The van der Waals surface area contributed by atoms with Crippen LogP contribution in [0.4, 0.5) is 5.69 Å². The Kier molecular flexibility index (Phi) is 6.56. The zero-order valence-corrected chi connectivity index (χ0v) is 15.0. The summed E-state index contributed by atoms with van der Waals surface area (Å²) in [4.78, 5) is 46.1. The quantitative estimate of drug-likeness (QED) is 0.207. The fourth-order valence-corrected chi connectivity index (χ4v) is 3.72. The summed E-state index contributed by atoms with van der Waals surface area (Å²) in [7, 11) is 0. The molecule has 3 atom stereocenters. The number of benzene rings is 1. The van der Waals surface area contributed by atoms with Crippen LogP contribution in [0.3, 0.4) is 0 Å². The number of esters is 1. The van der Waals surface area contributed by atoms with Crippen LogP contribution < -0.4 is 0 Å². The number of thioether (sulfide) groups is 1. The third kappa shape index (κ3) is 4.31. The van der Waals surface area contributed by atoms with E-state index in [1.54, 1.807) is 13.2 Å². The third-order valence-electron chi connectivity index (χ3n) is 4.05. The second-order valence-electron chi connectivity index (χ2n) is 5.64. The van der Waals surface area contributed by atoms with Crippen LogP contribution in [-0.2, 0) is 30.5 Å². The van der Waals surface area contributed by atoms with E-state index in [-0.39, 0.29) is 30.1 Å². The van der Waals surface area contributed by atoms with E-state index in [1.807, 2.05) is 0 Å². The molecule has 1 aromatic rings. The Morgan fingerprint density at radius 1 is 1.42 bits per heavy atom. The standard InChI is InChI=1S/C16H18N2O7S/c1-10(25-9-19)14-15(21)17(16(14)26-2)7-13(20)24-8-11-3-5-12(6-4-11)18(22)23/h3-6,9-10,14,16H,7-8H2,1-2H3/t10-,14-,16+/m0/s1. The summed E-state index contributed by atoms with van der Waals surface area (Å²) in [6.07, 6.45) is 1.23. The van der Waals surface area contributed by atoms with Crippen molar-refractivity contribution in [3.8, 4) is 0 Å². The van der Waals surface area contributed by atoms with E-state index in [0.29, 0.717) is 12.0 Å². The lowest BCUT2D eigenvalue weighted by Crippen LogP contribution is -2.64. The molecule has 0 saturated carbocycles. The first-order valence-corrected chi connectivity index (χ1v) is 8.99. The molecule has 0 radical (unpaired) electrons. The van der Waals surface area contributed by atoms with Gasteiger partial charge in [0.1, 0.15) is 25.2 Å². The highest BCUT2D eigenvalue weighted by Crippen LogP contribution is 2.36. The van der Waals surface area contributed by atoms with E-state index in [0.717, 1.165) is 0 Å². The lowest BCUT2D eigenvalue weighted by Gasteiger charge is -2.47. The predicted molar refractivity (Wildman–Crippen MR) is 92.0 cm³/mol. The Labute approximate surface area is 153 Å². The van der Waals surface area contributed by atoms with Crippen LogP contribution >= 0.6 is 11.8 Å². The van der Waals surface area contributed by atoms with Gasteiger partial charge in [0, 0.05) is 12.1 Å². The average Bonchev–Trinajstić information content (AvgIpc) is 2.62. The van der Waals surface area contributed by atoms with Crippen LogP contribution in [0, 0.1) is 16.0 Å². The van der Waals surface area contributed by atoms with Gasteiger partial charge in [-0.15, -0.1) is 11.8 Å². The highest BCUT2D eigenvalue weighted by atomic mass is 32.2. The fourth-order valence-electron chi connectivity index (χ4n) is 2.66. The smallest absolute Gasteiger partial charge is 0.326 e. The van der Waals surface area contributed by atoms with Gasteiger partial charge in [-0.25, -0.2) is 0 Å². The number of nitrogens with zero attached hydrogens (tertiary/aromatic N) is 2. The number of likely N-dealkylation sites (tertiary alicyclic amines) is 1. The van der Waals surface area contributed by atoms with Crippen molar-refractivity contribution in [3.05, 3.63) is 39.9 Å². The largest absolute Gasteiger partial charge is 0.464 e. The molecule has 140 valence electrons. The van der Waals surface area contributed by atoms with Crippen molar-refractivity contribution in [2.24, 2.45) is 5.92 Å². The molecule has 2 rings (SSSR count). The molecule has 1 saturated heterocycles. The summed E-state index contributed by atoms with van der Waals surface area (Å²) < 4.78 is 9.95. The lowest BCUT2D eigenvalue weighted by atomic mass is 9.92. The first kappa shape index (κ1) is 19.7. The zero-order chi connectivity index (χ0) is 19.3. The summed E-state index contributed by atoms with van der Waals surface area (Å²) >= 11 is 1.38. The SMILES string of the molecule is CS[C@@H]1[C@@H]([C@H](C)OC=O)C(=O)N1CC(=O)OCc1ccc([N+](=O)[O-])cc1. The summed E-state index contributed by atoms with van der Waals surface area (Å²) in [5.74, 6) is -1.35. The predicted octanol–water partition coefficient (Wildman–Crippen LogP) is 1.35. The fraction of sp³-hybridized carbons (Fsp3) is 0.438. The Hall–Kier alpha value is -2.62. The van der Waals surface area contributed by atoms with Crippen LogP contribution in [0.5, 0.6) is 0 Å². The maximum Gasteiger partial charge on any atom is 0.326 e. The molecule has 0 unspecified atom stereocenters. The Morgan fingerprint density at radius 3 is 2.62 bits per heavy atom. The molecular weight excluding hydrogens is 364 g/mol. The molecule has 10 heteroatoms. The van der Waals surface area contributed by atoms with Crippen LogP contribution in [0.1, 0.15) is 12.5 Å². The first-order chi connectivity index (χ1) is 12.4. The monoisotopic (exact) mass is 382 g/mol. The summed E-state index contributed by atoms with van der Waals surface area (Å²) in [6, 6.07) is 5.65. The van der Waals surface area contributed by atoms with E-state index in [1.165, 1.54) is 40.9 Å². The van der Waals surface area contributed by atoms with Crippen molar-refractivity contribution in [3.63, 3.8) is 0 Å². The van der Waals surface area contributed by atoms with E-state index in [9.17, 15) is 24.5 Å². The van der Waals surface area contributed by atoms with Gasteiger partial charge in [0.15, 0.2) is 0 Å². The number of ether oxygens (including phenoxy) is 2. The average molecular weight is 382 g/mol. The summed E-state index contributed by atoms with van der Waals surface area (Å²) in [5.41, 5.74) is 0.554. The topological polar surface area (TPSA) is 116 Å². The minimum absolute atomic E-state index is 0.0448. The molecule has 0 bridgehead atoms. The van der Waals surface area contributed by atoms with Crippen molar-refractivity contribution >= 4 is 35.8 Å². The first-order valence-electron chi connectivity index (χ1n) is 7.70. The van der Waals surface area contributed by atoms with Gasteiger partial charge in [-0.05, 0) is 30.9 Å². The van der Waals surface area contributed by atoms with Gasteiger partial charge in [-0.2, -0.15) is 0 Å². The molecule has 1 amide bonds. The lowest BCUT2D eigenvalue weighted by molar-refractivity contribution is -0.384. The van der Waals surface area contributed by atoms with Gasteiger partial charge in [0.05, 0.1) is 10.3 Å². The molecule has 0 N–H and O–H groups in total. The highest BCUT2D eigenvalue weighted by molar-refractivity contribution is 7.99. The summed E-state index contributed by atoms with van der Waals surface area (Å²) in [6.45, 7) is 1.68. The van der Waals surface area contributed by atoms with Gasteiger partial charge in [0.25, 0.3) is 12.2 Å². The Balaban J connectivity index is 1.86. The van der Waals surface area contributed by atoms with E-state index >= 15 is 0 Å². The van der Waals surface area contributed by atoms with Crippen molar-refractivity contribution in [1.29, 1.82) is 0 Å². The second-order valence-corrected chi connectivity index (χ2v) is 6.59. The van der Waals surface area contributed by atoms with Crippen molar-refractivity contribution in [2.75, 3.05) is 12.8 Å². The third-order valence-corrected chi connectivity index (χ3v) is 5.08. The molecule has 0 spiro atoms. The molecule has 1 aromatic carbocycles. The maximum atomic E-state index is 12.2. The second kappa shape index (κ2) is 8.65. The number of carbonyl (C=O) groups is 3. The van der Waals surface area contributed by atoms with E-state index in [4.69, 9.17) is 9.47 Å². The van der Waals surface area contributed by atoms with E-state index < -0.39 is 22.9 Å². The number of amides is 1. The molecule has 1 fully saturated rings. The number of carbonyl (C=O) groups excluding carboxylic acids is 3. The van der Waals surface area contributed by atoms with Gasteiger partial charge >= 0.3 is 5.97 Å². The normalized spacial score (nSPS) is 20.1. The Bertz CT molecular complexity index is 694. The Morgan fingerprint density at radius 2 is 2.08 bits per heavy atom. The van der Waals surface area contributed by atoms with Gasteiger partial charge in [-0.3, -0.25) is 24.5 Å². The molecular formula is C16H18N2O7S. The number of non-ortho nitro benzene ring substituents is 1. The maximum absolute atomic E-state index is 12.2. The van der Waals surface area contributed by atoms with Gasteiger partial charge < -0.3 is 14.4 Å². The summed E-state index contributed by atoms with van der Waals surface area (Å²) in [5, 5.41) is 10.3. The number of nitro benzene ring substituents is 1. The van der Waals surface area contributed by atoms with Crippen LogP contribution in [0.15, 0.2) is 24.3 Å². The number of hydrogen-bond acceptors (Lipinski definition) is 8. The molecule has 1 aliphatic heterocycles. The van der Waals surface area contributed by atoms with Crippen molar-refractivity contribution < 1.29 is 28.8 Å². The minimum Gasteiger partial charge on any atom is -0.464 e. The highest BCUT2D eigenvalue weighted by Gasteiger charge is 2.51. The van der Waals surface area contributed by atoms with Crippen LogP contribution in [0.2, 0.25) is 0 Å². The van der Waals surface area contributed by atoms with E-state index in [2.05, 4.69) is 0 Å². The molecule has 0 aromatic heterocycles. The molecule has 1 aliphatic rings. The van der Waals surface area contributed by atoms with Crippen molar-refractivity contribution in [2.45, 2.75) is 25.0 Å².